The number of hydrogen-bond acceptors (Lipinski definition) is 5. The van der Waals surface area contributed by atoms with Gasteiger partial charge in [-0.1, -0.05) is 25.4 Å². The summed E-state index contributed by atoms with van der Waals surface area (Å²) in [5.41, 5.74) is 0. The number of hydrogen-bond donors (Lipinski definition) is 1. The Labute approximate surface area is 125 Å². The van der Waals surface area contributed by atoms with Crippen LogP contribution in [0.25, 0.3) is 0 Å². The van der Waals surface area contributed by atoms with Crippen molar-refractivity contribution in [3.63, 3.8) is 0 Å². The molecule has 0 atom stereocenters. The van der Waals surface area contributed by atoms with Crippen LogP contribution in [-0.2, 0) is 16.4 Å². The van der Waals surface area contributed by atoms with Crippen molar-refractivity contribution in [2.24, 2.45) is 0 Å². The van der Waals surface area contributed by atoms with Crippen LogP contribution in [0, 0.1) is 0 Å². The van der Waals surface area contributed by atoms with Gasteiger partial charge in [0.1, 0.15) is 16.8 Å². The maximum Gasteiger partial charge on any atom is 0.211 e. The van der Waals surface area contributed by atoms with Crippen LogP contribution in [0.15, 0.2) is 6.07 Å². The molecule has 20 heavy (non-hydrogen) atoms. The third-order valence-corrected chi connectivity index (χ3v) is 4.34. The smallest absolute Gasteiger partial charge is 0.211 e. The monoisotopic (exact) mass is 320 g/mol. The summed E-state index contributed by atoms with van der Waals surface area (Å²) in [6.07, 6.45) is 2.64. The van der Waals surface area contributed by atoms with Crippen molar-refractivity contribution in [2.45, 2.75) is 26.7 Å². The quantitative estimate of drug-likeness (QED) is 0.583. The van der Waals surface area contributed by atoms with Gasteiger partial charge in [0.25, 0.3) is 0 Å². The molecule has 0 fully saturated rings. The van der Waals surface area contributed by atoms with Crippen molar-refractivity contribution in [3.05, 3.63) is 17.0 Å². The highest BCUT2D eigenvalue weighted by molar-refractivity contribution is 7.88. The zero-order valence-corrected chi connectivity index (χ0v) is 13.6. The molecule has 0 aliphatic carbocycles. The zero-order chi connectivity index (χ0) is 15.2. The number of sulfonamides is 1. The van der Waals surface area contributed by atoms with E-state index in [1.807, 2.05) is 13.8 Å². The molecule has 0 saturated heterocycles. The molecule has 0 unspecified atom stereocenters. The van der Waals surface area contributed by atoms with Gasteiger partial charge in [-0.05, 0) is 6.42 Å². The topological polar surface area (TPSA) is 75.2 Å². The Bertz CT molecular complexity index is 536. The van der Waals surface area contributed by atoms with E-state index in [1.54, 1.807) is 6.07 Å². The molecule has 1 aromatic rings. The lowest BCUT2D eigenvalue weighted by atomic mass is 10.4. The van der Waals surface area contributed by atoms with Crippen molar-refractivity contribution in [3.8, 4) is 0 Å². The van der Waals surface area contributed by atoms with Gasteiger partial charge in [-0.3, -0.25) is 0 Å². The zero-order valence-electron chi connectivity index (χ0n) is 12.1. The van der Waals surface area contributed by atoms with Crippen molar-refractivity contribution < 1.29 is 8.42 Å². The Morgan fingerprint density at radius 1 is 1.35 bits per heavy atom. The molecule has 0 radical (unpaired) electrons. The van der Waals surface area contributed by atoms with E-state index >= 15 is 0 Å². The Morgan fingerprint density at radius 3 is 2.60 bits per heavy atom. The average molecular weight is 321 g/mol. The summed E-state index contributed by atoms with van der Waals surface area (Å²) >= 11 is 5.90. The first-order valence-electron chi connectivity index (χ1n) is 6.59. The molecule has 0 aliphatic heterocycles. The molecule has 0 aromatic carbocycles. The van der Waals surface area contributed by atoms with Crippen LogP contribution < -0.4 is 5.32 Å². The van der Waals surface area contributed by atoms with Crippen LogP contribution in [0.2, 0.25) is 5.15 Å². The molecule has 1 heterocycles. The molecule has 114 valence electrons. The van der Waals surface area contributed by atoms with Gasteiger partial charge in [0.05, 0.1) is 6.26 Å². The fourth-order valence-electron chi connectivity index (χ4n) is 1.74. The summed E-state index contributed by atoms with van der Waals surface area (Å²) in [6, 6.07) is 1.66. The van der Waals surface area contributed by atoms with Gasteiger partial charge >= 0.3 is 0 Å². The van der Waals surface area contributed by atoms with E-state index in [0.29, 0.717) is 49.3 Å². The minimum atomic E-state index is -3.12. The van der Waals surface area contributed by atoms with Crippen molar-refractivity contribution in [1.29, 1.82) is 0 Å². The molecule has 0 bridgehead atoms. The highest BCUT2D eigenvalue weighted by Gasteiger charge is 2.13. The number of halogens is 1. The second kappa shape index (κ2) is 7.75. The number of aromatic nitrogens is 2. The predicted molar refractivity (Wildman–Crippen MR) is 81.6 cm³/mol. The summed E-state index contributed by atoms with van der Waals surface area (Å²) in [5, 5.41) is 3.54. The SMILES string of the molecule is CCc1nc(Cl)cc(NCCCN(CC)S(C)(=O)=O)n1. The van der Waals surface area contributed by atoms with E-state index in [9.17, 15) is 8.42 Å². The maximum absolute atomic E-state index is 11.4. The Morgan fingerprint density at radius 2 is 2.05 bits per heavy atom. The Kier molecular flexibility index (Phi) is 6.64. The largest absolute Gasteiger partial charge is 0.370 e. The fourth-order valence-corrected chi connectivity index (χ4v) is 2.87. The number of nitrogens with one attached hydrogen (secondary N) is 1. The van der Waals surface area contributed by atoms with Gasteiger partial charge in [0.2, 0.25) is 10.0 Å². The second-order valence-electron chi connectivity index (χ2n) is 4.38. The average Bonchev–Trinajstić information content (AvgIpc) is 2.36. The van der Waals surface area contributed by atoms with E-state index in [0.717, 1.165) is 0 Å². The highest BCUT2D eigenvalue weighted by Crippen LogP contribution is 2.12. The van der Waals surface area contributed by atoms with Gasteiger partial charge in [-0.25, -0.2) is 22.7 Å². The van der Waals surface area contributed by atoms with Gasteiger partial charge in [-0.15, -0.1) is 0 Å². The maximum atomic E-state index is 11.4. The third-order valence-electron chi connectivity index (χ3n) is 2.77. The van der Waals surface area contributed by atoms with Gasteiger partial charge in [-0.2, -0.15) is 0 Å². The summed E-state index contributed by atoms with van der Waals surface area (Å²) in [4.78, 5) is 8.38. The van der Waals surface area contributed by atoms with E-state index in [4.69, 9.17) is 11.6 Å². The number of anilines is 1. The van der Waals surface area contributed by atoms with Crippen LogP contribution in [0.3, 0.4) is 0 Å². The predicted octanol–water partition coefficient (Wildman–Crippen LogP) is 1.78. The van der Waals surface area contributed by atoms with Crippen LogP contribution in [0.1, 0.15) is 26.1 Å². The first kappa shape index (κ1) is 17.1. The highest BCUT2D eigenvalue weighted by atomic mass is 35.5. The van der Waals surface area contributed by atoms with Crippen molar-refractivity contribution in [1.82, 2.24) is 14.3 Å². The van der Waals surface area contributed by atoms with E-state index in [2.05, 4.69) is 15.3 Å². The van der Waals surface area contributed by atoms with Crippen molar-refractivity contribution >= 4 is 27.4 Å². The first-order valence-corrected chi connectivity index (χ1v) is 8.81. The van der Waals surface area contributed by atoms with Gasteiger partial charge in [0.15, 0.2) is 0 Å². The third kappa shape index (κ3) is 5.60. The molecule has 0 spiro atoms. The van der Waals surface area contributed by atoms with Crippen LogP contribution >= 0.6 is 11.6 Å². The molecule has 6 nitrogen and oxygen atoms in total. The van der Waals surface area contributed by atoms with E-state index in [1.165, 1.54) is 10.6 Å². The molecule has 1 N–H and O–H groups in total. The molecule has 1 aromatic heterocycles. The van der Waals surface area contributed by atoms with E-state index in [-0.39, 0.29) is 0 Å². The second-order valence-corrected chi connectivity index (χ2v) is 6.75. The molecular weight excluding hydrogens is 300 g/mol. The Hall–Kier alpha value is -0.920. The lowest BCUT2D eigenvalue weighted by Gasteiger charge is -2.17. The van der Waals surface area contributed by atoms with Crippen LogP contribution in [-0.4, -0.2) is 48.6 Å². The molecule has 1 rings (SSSR count). The van der Waals surface area contributed by atoms with Gasteiger partial charge in [0, 0.05) is 32.1 Å². The lowest BCUT2D eigenvalue weighted by molar-refractivity contribution is 0.428. The number of aryl methyl sites for hydroxylation is 1. The normalized spacial score (nSPS) is 11.8. The molecule has 0 amide bonds. The van der Waals surface area contributed by atoms with E-state index < -0.39 is 10.0 Å². The fraction of sp³-hybridized carbons (Fsp3) is 0.667. The summed E-state index contributed by atoms with van der Waals surface area (Å²) in [7, 11) is -3.12. The van der Waals surface area contributed by atoms with Crippen LogP contribution in [0.5, 0.6) is 0 Å². The number of nitrogens with zero attached hydrogens (tertiary/aromatic N) is 3. The number of rotatable bonds is 8. The van der Waals surface area contributed by atoms with Crippen molar-refractivity contribution in [2.75, 3.05) is 31.2 Å². The van der Waals surface area contributed by atoms with Gasteiger partial charge < -0.3 is 5.32 Å². The minimum absolute atomic E-state index is 0.408. The summed E-state index contributed by atoms with van der Waals surface area (Å²) < 4.78 is 24.3. The first-order chi connectivity index (χ1) is 9.36. The Balaban J connectivity index is 2.47. The van der Waals surface area contributed by atoms with Crippen LogP contribution in [0.4, 0.5) is 5.82 Å². The lowest BCUT2D eigenvalue weighted by Crippen LogP contribution is -2.31. The summed E-state index contributed by atoms with van der Waals surface area (Å²) in [6.45, 7) is 5.38. The molecular formula is C12H21ClN4O2S. The molecule has 0 aliphatic rings. The summed E-state index contributed by atoms with van der Waals surface area (Å²) in [5.74, 6) is 1.36. The minimum Gasteiger partial charge on any atom is -0.370 e. The molecule has 0 saturated carbocycles. The molecule has 8 heteroatoms. The standard InChI is InChI=1S/C12H21ClN4O2S/c1-4-11-15-10(13)9-12(16-11)14-7-6-8-17(5-2)20(3,18)19/h9H,4-8H2,1-3H3,(H,14,15,16).